The molecule has 2 aliphatic rings. The highest BCUT2D eigenvalue weighted by Gasteiger charge is 2.41. The van der Waals surface area contributed by atoms with Gasteiger partial charge < -0.3 is 24.6 Å². The van der Waals surface area contributed by atoms with Crippen molar-refractivity contribution in [2.45, 2.75) is 19.0 Å². The van der Waals surface area contributed by atoms with Crippen LogP contribution in [0.4, 0.5) is 15.8 Å². The molecule has 1 fully saturated rings. The highest BCUT2D eigenvalue weighted by atomic mass is 19.1. The lowest BCUT2D eigenvalue weighted by Gasteiger charge is -2.49. The van der Waals surface area contributed by atoms with E-state index >= 15 is 0 Å². The molecule has 3 aromatic carbocycles. The lowest BCUT2D eigenvalue weighted by molar-refractivity contribution is -0.126. The van der Waals surface area contributed by atoms with E-state index in [2.05, 4.69) is 39.4 Å². The van der Waals surface area contributed by atoms with E-state index in [0.717, 1.165) is 53.6 Å². The molecule has 0 aromatic heterocycles. The maximum absolute atomic E-state index is 13.5. The van der Waals surface area contributed by atoms with Crippen molar-refractivity contribution >= 4 is 17.3 Å². The molecule has 0 saturated carbocycles. The van der Waals surface area contributed by atoms with Gasteiger partial charge in [0, 0.05) is 43.6 Å². The van der Waals surface area contributed by atoms with Crippen LogP contribution in [0.15, 0.2) is 66.7 Å². The first-order chi connectivity index (χ1) is 17.1. The number of methoxy groups -OCH3 is 2. The summed E-state index contributed by atoms with van der Waals surface area (Å²) in [5.41, 5.74) is 4.29. The van der Waals surface area contributed by atoms with Gasteiger partial charge in [-0.15, -0.1) is 0 Å². The van der Waals surface area contributed by atoms with E-state index in [4.69, 9.17) is 9.47 Å². The lowest BCUT2D eigenvalue weighted by atomic mass is 9.83. The molecule has 0 spiro atoms. The Labute approximate surface area is 205 Å². The molecular weight excluding hydrogens is 445 g/mol. The lowest BCUT2D eigenvalue weighted by Crippen LogP contribution is -2.61. The van der Waals surface area contributed by atoms with Crippen LogP contribution in [0, 0.1) is 11.7 Å². The van der Waals surface area contributed by atoms with Crippen molar-refractivity contribution in [2.75, 3.05) is 43.7 Å². The molecule has 5 rings (SSSR count). The van der Waals surface area contributed by atoms with Crippen molar-refractivity contribution < 1.29 is 18.7 Å². The third kappa shape index (κ3) is 4.76. The summed E-state index contributed by atoms with van der Waals surface area (Å²) in [5, 5.41) is 3.10. The number of piperazine rings is 1. The Hall–Kier alpha value is -3.74. The SMILES string of the molecule is COc1ccc(N2CCN3c4cc(OC)ccc4CC(C(=O)NCc4ccc(F)cc4)C3C2)cc1. The van der Waals surface area contributed by atoms with Crippen LogP contribution in [0.2, 0.25) is 0 Å². The normalized spacial score (nSPS) is 18.9. The number of amides is 1. The second kappa shape index (κ2) is 9.86. The Kier molecular flexibility index (Phi) is 6.49. The third-order valence-electron chi connectivity index (χ3n) is 7.08. The first-order valence-corrected chi connectivity index (χ1v) is 11.9. The summed E-state index contributed by atoms with van der Waals surface area (Å²) in [6.07, 6.45) is 0.659. The number of halogens is 1. The molecule has 2 aliphatic heterocycles. The number of carbonyl (C=O) groups is 1. The Morgan fingerprint density at radius 1 is 0.971 bits per heavy atom. The molecule has 1 N–H and O–H groups in total. The van der Waals surface area contributed by atoms with Gasteiger partial charge in [-0.05, 0) is 60.0 Å². The fraction of sp³-hybridized carbons (Fsp3) is 0.321. The Morgan fingerprint density at radius 3 is 2.40 bits per heavy atom. The van der Waals surface area contributed by atoms with E-state index in [-0.39, 0.29) is 23.7 Å². The van der Waals surface area contributed by atoms with E-state index in [1.165, 1.54) is 12.1 Å². The van der Waals surface area contributed by atoms with Crippen LogP contribution in [-0.2, 0) is 17.8 Å². The van der Waals surface area contributed by atoms with Gasteiger partial charge in [0.2, 0.25) is 5.91 Å². The summed E-state index contributed by atoms with van der Waals surface area (Å²) in [6, 6.07) is 20.4. The number of hydrogen-bond donors (Lipinski definition) is 1. The number of benzene rings is 3. The summed E-state index contributed by atoms with van der Waals surface area (Å²) in [6.45, 7) is 2.76. The first-order valence-electron chi connectivity index (χ1n) is 11.9. The molecule has 1 amide bonds. The van der Waals surface area contributed by atoms with Gasteiger partial charge >= 0.3 is 0 Å². The number of anilines is 2. The van der Waals surface area contributed by atoms with Crippen LogP contribution in [0.3, 0.4) is 0 Å². The van der Waals surface area contributed by atoms with Gasteiger partial charge in [0.05, 0.1) is 26.2 Å². The smallest absolute Gasteiger partial charge is 0.225 e. The van der Waals surface area contributed by atoms with E-state index in [0.29, 0.717) is 13.0 Å². The highest BCUT2D eigenvalue weighted by Crippen LogP contribution is 2.39. The summed E-state index contributed by atoms with van der Waals surface area (Å²) in [7, 11) is 3.34. The minimum atomic E-state index is -0.282. The van der Waals surface area contributed by atoms with Gasteiger partial charge in [0.15, 0.2) is 0 Å². The predicted molar refractivity (Wildman–Crippen MR) is 135 cm³/mol. The third-order valence-corrected chi connectivity index (χ3v) is 7.08. The van der Waals surface area contributed by atoms with Gasteiger partial charge in [0.1, 0.15) is 17.3 Å². The molecule has 1 saturated heterocycles. The van der Waals surface area contributed by atoms with Crippen LogP contribution in [0.1, 0.15) is 11.1 Å². The Bertz CT molecular complexity index is 1180. The van der Waals surface area contributed by atoms with Crippen LogP contribution >= 0.6 is 0 Å². The minimum Gasteiger partial charge on any atom is -0.497 e. The average Bonchev–Trinajstić information content (AvgIpc) is 2.91. The summed E-state index contributed by atoms with van der Waals surface area (Å²) in [4.78, 5) is 18.2. The number of nitrogens with zero attached hydrogens (tertiary/aromatic N) is 2. The van der Waals surface area contributed by atoms with Gasteiger partial charge in [-0.25, -0.2) is 4.39 Å². The number of carbonyl (C=O) groups excluding carboxylic acids is 1. The molecule has 2 atom stereocenters. The van der Waals surface area contributed by atoms with Crippen molar-refractivity contribution in [3.8, 4) is 11.5 Å². The molecular formula is C28H30FN3O3. The predicted octanol–water partition coefficient (Wildman–Crippen LogP) is 4.03. The topological polar surface area (TPSA) is 54.0 Å². The Balaban J connectivity index is 1.40. The molecule has 6 nitrogen and oxygen atoms in total. The maximum Gasteiger partial charge on any atom is 0.225 e. The van der Waals surface area contributed by atoms with Crippen molar-refractivity contribution in [3.05, 3.63) is 83.7 Å². The largest absolute Gasteiger partial charge is 0.497 e. The number of hydrogen-bond acceptors (Lipinski definition) is 5. The fourth-order valence-electron chi connectivity index (χ4n) is 5.15. The van der Waals surface area contributed by atoms with Crippen LogP contribution < -0.4 is 24.6 Å². The summed E-state index contributed by atoms with van der Waals surface area (Å²) in [5.74, 6) is 1.17. The molecule has 2 heterocycles. The summed E-state index contributed by atoms with van der Waals surface area (Å²) < 4.78 is 24.1. The molecule has 2 unspecified atom stereocenters. The maximum atomic E-state index is 13.5. The van der Waals surface area contributed by atoms with Crippen molar-refractivity contribution in [1.29, 1.82) is 0 Å². The zero-order valence-corrected chi connectivity index (χ0v) is 20.0. The van der Waals surface area contributed by atoms with Crippen LogP contribution in [0.5, 0.6) is 11.5 Å². The van der Waals surface area contributed by atoms with Crippen LogP contribution in [-0.4, -0.2) is 45.8 Å². The van der Waals surface area contributed by atoms with Crippen molar-refractivity contribution in [3.63, 3.8) is 0 Å². The van der Waals surface area contributed by atoms with Gasteiger partial charge in [-0.3, -0.25) is 4.79 Å². The molecule has 0 aliphatic carbocycles. The van der Waals surface area contributed by atoms with Crippen LogP contribution in [0.25, 0.3) is 0 Å². The van der Waals surface area contributed by atoms with E-state index in [1.807, 2.05) is 18.2 Å². The molecule has 0 bridgehead atoms. The average molecular weight is 476 g/mol. The van der Waals surface area contributed by atoms with E-state index in [1.54, 1.807) is 26.4 Å². The minimum absolute atomic E-state index is 0.0127. The molecule has 182 valence electrons. The number of rotatable bonds is 6. The number of fused-ring (bicyclic) bond motifs is 3. The Morgan fingerprint density at radius 2 is 1.69 bits per heavy atom. The van der Waals surface area contributed by atoms with E-state index < -0.39 is 0 Å². The van der Waals surface area contributed by atoms with Gasteiger partial charge in [0.25, 0.3) is 0 Å². The zero-order valence-electron chi connectivity index (χ0n) is 20.0. The highest BCUT2D eigenvalue weighted by molar-refractivity contribution is 5.82. The van der Waals surface area contributed by atoms with E-state index in [9.17, 15) is 9.18 Å². The monoisotopic (exact) mass is 475 g/mol. The quantitative estimate of drug-likeness (QED) is 0.584. The number of ether oxygens (including phenoxy) is 2. The standard InChI is InChI=1S/C28H30FN3O3/c1-34-23-11-8-22(9-12-23)31-13-14-32-26-16-24(35-2)10-5-20(26)15-25(27(32)18-31)28(33)30-17-19-3-6-21(29)7-4-19/h3-12,16,25,27H,13-15,17-18H2,1-2H3,(H,30,33). The second-order valence-electron chi connectivity index (χ2n) is 9.05. The van der Waals surface area contributed by atoms with Crippen molar-refractivity contribution in [2.24, 2.45) is 5.92 Å². The molecule has 3 aromatic rings. The van der Waals surface area contributed by atoms with Gasteiger partial charge in [-0.1, -0.05) is 18.2 Å². The summed E-state index contributed by atoms with van der Waals surface area (Å²) >= 11 is 0. The second-order valence-corrected chi connectivity index (χ2v) is 9.05. The zero-order chi connectivity index (χ0) is 24.4. The van der Waals surface area contributed by atoms with Crippen molar-refractivity contribution in [1.82, 2.24) is 5.32 Å². The molecule has 0 radical (unpaired) electrons. The number of nitrogens with one attached hydrogen (secondary N) is 1. The molecule has 7 heteroatoms. The first kappa shape index (κ1) is 23.0. The fourth-order valence-corrected chi connectivity index (χ4v) is 5.15. The molecule has 35 heavy (non-hydrogen) atoms. The van der Waals surface area contributed by atoms with Gasteiger partial charge in [-0.2, -0.15) is 0 Å².